The number of hydrogen-bond donors (Lipinski definition) is 1. The molecule has 4 nitrogen and oxygen atoms in total. The molecule has 2 unspecified atom stereocenters. The second-order valence-corrected chi connectivity index (χ2v) is 5.31. The van der Waals surface area contributed by atoms with E-state index < -0.39 is 0 Å². The lowest BCUT2D eigenvalue weighted by Crippen LogP contribution is -2.11. The molecular formula is C11H19N3OS. The minimum Gasteiger partial charge on any atom is -0.378 e. The molecule has 1 aromatic rings. The fourth-order valence-corrected chi connectivity index (χ4v) is 2.74. The van der Waals surface area contributed by atoms with Gasteiger partial charge in [-0.05, 0) is 33.2 Å². The van der Waals surface area contributed by atoms with Crippen LogP contribution >= 0.6 is 11.3 Å². The van der Waals surface area contributed by atoms with Crippen molar-refractivity contribution in [3.05, 3.63) is 10.0 Å². The Hall–Kier alpha value is -0.520. The molecule has 1 aliphatic heterocycles. The highest BCUT2D eigenvalue weighted by molar-refractivity contribution is 7.11. The van der Waals surface area contributed by atoms with Crippen molar-refractivity contribution >= 4 is 11.3 Å². The zero-order valence-corrected chi connectivity index (χ0v) is 10.7. The van der Waals surface area contributed by atoms with Crippen LogP contribution in [0, 0.1) is 0 Å². The van der Waals surface area contributed by atoms with E-state index in [0.29, 0.717) is 12.1 Å². The van der Waals surface area contributed by atoms with Gasteiger partial charge in [-0.3, -0.25) is 0 Å². The Morgan fingerprint density at radius 1 is 1.56 bits per heavy atom. The van der Waals surface area contributed by atoms with Crippen LogP contribution in [0.25, 0.3) is 0 Å². The Kier molecular flexibility index (Phi) is 4.26. The Balaban J connectivity index is 1.82. The molecule has 2 atom stereocenters. The first-order valence-electron chi connectivity index (χ1n) is 5.90. The van der Waals surface area contributed by atoms with Crippen LogP contribution in [-0.2, 0) is 11.2 Å². The second-order valence-electron chi connectivity index (χ2n) is 4.22. The van der Waals surface area contributed by atoms with Gasteiger partial charge in [0.2, 0.25) is 0 Å². The average molecular weight is 241 g/mol. The molecule has 0 saturated carbocycles. The molecular weight excluding hydrogens is 222 g/mol. The molecule has 1 aromatic heterocycles. The Morgan fingerprint density at radius 2 is 2.44 bits per heavy atom. The zero-order chi connectivity index (χ0) is 11.4. The topological polar surface area (TPSA) is 47.0 Å². The minimum absolute atomic E-state index is 0.300. The molecule has 0 aromatic carbocycles. The summed E-state index contributed by atoms with van der Waals surface area (Å²) < 4.78 is 5.59. The van der Waals surface area contributed by atoms with Gasteiger partial charge in [0.25, 0.3) is 0 Å². The summed E-state index contributed by atoms with van der Waals surface area (Å²) >= 11 is 1.71. The van der Waals surface area contributed by atoms with E-state index in [0.717, 1.165) is 29.5 Å². The summed E-state index contributed by atoms with van der Waals surface area (Å²) in [6.07, 6.45) is 4.96. The quantitative estimate of drug-likeness (QED) is 0.855. The molecule has 1 fully saturated rings. The molecule has 0 bridgehead atoms. The highest BCUT2D eigenvalue weighted by Crippen LogP contribution is 2.21. The summed E-state index contributed by atoms with van der Waals surface area (Å²) in [6.45, 7) is 3.03. The number of aromatic nitrogens is 2. The lowest BCUT2D eigenvalue weighted by molar-refractivity contribution is 0.104. The van der Waals surface area contributed by atoms with Crippen LogP contribution in [0.1, 0.15) is 42.2 Å². The molecule has 0 amide bonds. The number of aryl methyl sites for hydroxylation is 1. The van der Waals surface area contributed by atoms with Crippen molar-refractivity contribution in [2.24, 2.45) is 0 Å². The van der Waals surface area contributed by atoms with Gasteiger partial charge in [-0.15, -0.1) is 10.2 Å². The molecule has 2 rings (SSSR count). The third kappa shape index (κ3) is 2.99. The molecule has 5 heteroatoms. The Bertz CT molecular complexity index is 323. The van der Waals surface area contributed by atoms with Crippen molar-refractivity contribution in [3.63, 3.8) is 0 Å². The normalized spacial score (nSPS) is 22.5. The number of rotatable bonds is 5. The number of hydrogen-bond acceptors (Lipinski definition) is 5. The van der Waals surface area contributed by atoms with Crippen molar-refractivity contribution in [3.8, 4) is 0 Å². The van der Waals surface area contributed by atoms with E-state index in [-0.39, 0.29) is 0 Å². The maximum absolute atomic E-state index is 5.59. The molecule has 2 heterocycles. The first-order chi connectivity index (χ1) is 7.79. The highest BCUT2D eigenvalue weighted by atomic mass is 32.1. The monoisotopic (exact) mass is 241 g/mol. The largest absolute Gasteiger partial charge is 0.378 e. The van der Waals surface area contributed by atoms with Crippen molar-refractivity contribution < 1.29 is 4.74 Å². The van der Waals surface area contributed by atoms with Crippen molar-refractivity contribution in [2.45, 2.75) is 44.8 Å². The van der Waals surface area contributed by atoms with Crippen LogP contribution in [0.15, 0.2) is 0 Å². The summed E-state index contributed by atoms with van der Waals surface area (Å²) in [6, 6.07) is 0.300. The Morgan fingerprint density at radius 3 is 3.12 bits per heavy atom. The maximum Gasteiger partial charge on any atom is 0.134 e. The highest BCUT2D eigenvalue weighted by Gasteiger charge is 2.16. The van der Waals surface area contributed by atoms with Crippen molar-refractivity contribution in [1.29, 1.82) is 0 Å². The van der Waals surface area contributed by atoms with Crippen LogP contribution in [0.5, 0.6) is 0 Å². The molecule has 0 radical (unpaired) electrons. The van der Waals surface area contributed by atoms with Gasteiger partial charge < -0.3 is 10.1 Å². The Labute approximate surface area is 100 Å². The number of nitrogens with one attached hydrogen (secondary N) is 1. The fraction of sp³-hybridized carbons (Fsp3) is 0.818. The van der Waals surface area contributed by atoms with E-state index in [2.05, 4.69) is 22.4 Å². The third-order valence-corrected chi connectivity index (χ3v) is 4.16. The summed E-state index contributed by atoms with van der Waals surface area (Å²) in [7, 11) is 1.94. The third-order valence-electron chi connectivity index (χ3n) is 2.99. The SMILES string of the molecule is CNC(C)c1nnc(CCC2CCCO2)s1. The second kappa shape index (κ2) is 5.70. The van der Waals surface area contributed by atoms with Crippen LogP contribution in [0.4, 0.5) is 0 Å². The van der Waals surface area contributed by atoms with Gasteiger partial charge in [0.15, 0.2) is 0 Å². The lowest BCUT2D eigenvalue weighted by atomic mass is 10.1. The minimum atomic E-state index is 0.300. The van der Waals surface area contributed by atoms with E-state index in [1.165, 1.54) is 12.8 Å². The van der Waals surface area contributed by atoms with Crippen LogP contribution < -0.4 is 5.32 Å². The number of nitrogens with zero attached hydrogens (tertiary/aromatic N) is 2. The lowest BCUT2D eigenvalue weighted by Gasteiger charge is -2.06. The van der Waals surface area contributed by atoms with Crippen LogP contribution in [-0.4, -0.2) is 30.0 Å². The summed E-state index contributed by atoms with van der Waals surface area (Å²) in [5.41, 5.74) is 0. The smallest absolute Gasteiger partial charge is 0.134 e. The van der Waals surface area contributed by atoms with E-state index in [1.807, 2.05) is 7.05 Å². The summed E-state index contributed by atoms with van der Waals surface area (Å²) in [5, 5.41) is 13.8. The van der Waals surface area contributed by atoms with E-state index in [4.69, 9.17) is 4.74 Å². The van der Waals surface area contributed by atoms with Gasteiger partial charge in [-0.25, -0.2) is 0 Å². The van der Waals surface area contributed by atoms with E-state index in [9.17, 15) is 0 Å². The van der Waals surface area contributed by atoms with Gasteiger partial charge in [-0.2, -0.15) is 0 Å². The molecule has 0 aliphatic carbocycles. The van der Waals surface area contributed by atoms with Gasteiger partial charge in [-0.1, -0.05) is 11.3 Å². The number of ether oxygens (including phenoxy) is 1. The predicted octanol–water partition coefficient (Wildman–Crippen LogP) is 1.93. The molecule has 1 saturated heterocycles. The predicted molar refractivity (Wildman–Crippen MR) is 64.7 cm³/mol. The van der Waals surface area contributed by atoms with Gasteiger partial charge >= 0.3 is 0 Å². The molecule has 1 aliphatic rings. The first-order valence-corrected chi connectivity index (χ1v) is 6.72. The zero-order valence-electron chi connectivity index (χ0n) is 9.90. The van der Waals surface area contributed by atoms with Gasteiger partial charge in [0.05, 0.1) is 12.1 Å². The standard InChI is InChI=1S/C11H19N3OS/c1-8(12-2)11-14-13-10(16-11)6-5-9-4-3-7-15-9/h8-9,12H,3-7H2,1-2H3. The van der Waals surface area contributed by atoms with Crippen LogP contribution in [0.3, 0.4) is 0 Å². The fourth-order valence-electron chi connectivity index (χ4n) is 1.82. The molecule has 90 valence electrons. The maximum atomic E-state index is 5.59. The molecule has 0 spiro atoms. The average Bonchev–Trinajstić information content (AvgIpc) is 2.96. The van der Waals surface area contributed by atoms with E-state index in [1.54, 1.807) is 11.3 Å². The summed E-state index contributed by atoms with van der Waals surface area (Å²) in [5.74, 6) is 0. The van der Waals surface area contributed by atoms with Crippen LogP contribution in [0.2, 0.25) is 0 Å². The van der Waals surface area contributed by atoms with Crippen molar-refractivity contribution in [2.75, 3.05) is 13.7 Å². The van der Waals surface area contributed by atoms with Gasteiger partial charge in [0, 0.05) is 13.0 Å². The van der Waals surface area contributed by atoms with E-state index >= 15 is 0 Å². The van der Waals surface area contributed by atoms with Gasteiger partial charge in [0.1, 0.15) is 10.0 Å². The molecule has 16 heavy (non-hydrogen) atoms. The summed E-state index contributed by atoms with van der Waals surface area (Å²) in [4.78, 5) is 0. The first kappa shape index (κ1) is 12.0. The molecule has 1 N–H and O–H groups in total. The van der Waals surface area contributed by atoms with Crippen molar-refractivity contribution in [1.82, 2.24) is 15.5 Å².